The molecule has 108 valence electrons. The molecule has 2 rings (SSSR count). The molecule has 0 amide bonds. The Bertz CT molecular complexity index is 682. The zero-order valence-corrected chi connectivity index (χ0v) is 12.1. The fourth-order valence-electron chi connectivity index (χ4n) is 1.56. The fraction of sp³-hybridized carbons (Fsp3) is 0.333. The molecule has 0 bridgehead atoms. The number of rotatable bonds is 6. The molecule has 2 aromatic heterocycles. The summed E-state index contributed by atoms with van der Waals surface area (Å²) in [5, 5.41) is 2.95. The molecule has 0 saturated heterocycles. The predicted octanol–water partition coefficient (Wildman–Crippen LogP) is 2.00. The van der Waals surface area contributed by atoms with E-state index < -0.39 is 10.0 Å². The number of aryl methyl sites for hydroxylation is 1. The van der Waals surface area contributed by atoms with E-state index >= 15 is 0 Å². The van der Waals surface area contributed by atoms with Crippen LogP contribution >= 0.6 is 0 Å². The van der Waals surface area contributed by atoms with Gasteiger partial charge >= 0.3 is 6.01 Å². The molecule has 0 spiro atoms. The number of hydrogen-bond acceptors (Lipinski definition) is 6. The van der Waals surface area contributed by atoms with Gasteiger partial charge in [0.1, 0.15) is 6.26 Å². The number of aromatic nitrogens is 2. The monoisotopic (exact) mass is 296 g/mol. The van der Waals surface area contributed by atoms with Gasteiger partial charge in [0, 0.05) is 12.7 Å². The lowest BCUT2D eigenvalue weighted by Crippen LogP contribution is -2.17. The molecule has 2 N–H and O–H groups in total. The Labute approximate surface area is 117 Å². The van der Waals surface area contributed by atoms with Crippen LogP contribution in [0.2, 0.25) is 0 Å². The minimum Gasteiger partial charge on any atom is -0.431 e. The summed E-state index contributed by atoms with van der Waals surface area (Å²) in [5.74, 6) is 0. The Morgan fingerprint density at radius 1 is 1.40 bits per heavy atom. The van der Waals surface area contributed by atoms with Crippen molar-refractivity contribution < 1.29 is 12.8 Å². The molecule has 0 aliphatic carbocycles. The second-order valence-corrected chi connectivity index (χ2v) is 5.78. The van der Waals surface area contributed by atoms with Crippen molar-refractivity contribution in [3.63, 3.8) is 0 Å². The molecule has 0 unspecified atom stereocenters. The molecule has 0 atom stereocenters. The normalized spacial score (nSPS) is 11.3. The molecule has 8 heteroatoms. The van der Waals surface area contributed by atoms with Gasteiger partial charge in [-0.1, -0.05) is 6.92 Å². The van der Waals surface area contributed by atoms with Crippen LogP contribution in [0.15, 0.2) is 34.0 Å². The Kier molecular flexibility index (Phi) is 4.23. The molecular weight excluding hydrogens is 280 g/mol. The van der Waals surface area contributed by atoms with Crippen LogP contribution in [0.5, 0.6) is 0 Å². The number of nitrogens with one attached hydrogen (secondary N) is 2. The van der Waals surface area contributed by atoms with E-state index in [9.17, 15) is 8.42 Å². The van der Waals surface area contributed by atoms with Crippen molar-refractivity contribution >= 4 is 21.7 Å². The fourth-order valence-corrected chi connectivity index (χ4v) is 2.61. The number of nitrogens with zero attached hydrogens (tertiary/aromatic N) is 2. The topological polar surface area (TPSA) is 97.1 Å². The molecule has 2 aromatic rings. The first-order chi connectivity index (χ1) is 9.53. The molecule has 0 fully saturated rings. The predicted molar refractivity (Wildman–Crippen MR) is 75.1 cm³/mol. The smallest absolute Gasteiger partial charge is 0.309 e. The molecule has 2 heterocycles. The first-order valence-corrected chi connectivity index (χ1v) is 7.65. The van der Waals surface area contributed by atoms with Crippen LogP contribution in [0.25, 0.3) is 0 Å². The average Bonchev–Trinajstić information content (AvgIpc) is 2.81. The molecule has 0 radical (unpaired) electrons. The van der Waals surface area contributed by atoms with Gasteiger partial charge in [0.15, 0.2) is 5.03 Å². The number of hydrogen-bond donors (Lipinski definition) is 2. The molecule has 0 aliphatic heterocycles. The summed E-state index contributed by atoms with van der Waals surface area (Å²) in [6, 6.07) is 3.26. The lowest BCUT2D eigenvalue weighted by molar-refractivity contribution is 0.568. The van der Waals surface area contributed by atoms with Crippen LogP contribution in [0.4, 0.5) is 11.7 Å². The standard InChI is InChI=1S/C12H16N4O3S/c1-3-6-13-10-5-4-7-14-11(10)20(17,18)16-12-15-9(2)8-19-12/h4-5,7-8,13H,3,6H2,1-2H3,(H,15,16). The van der Waals surface area contributed by atoms with Gasteiger partial charge in [-0.05, 0) is 25.5 Å². The van der Waals surface area contributed by atoms with E-state index in [-0.39, 0.29) is 11.0 Å². The maximum absolute atomic E-state index is 12.3. The number of oxazole rings is 1. The first-order valence-electron chi connectivity index (χ1n) is 6.17. The van der Waals surface area contributed by atoms with E-state index in [1.165, 1.54) is 12.5 Å². The van der Waals surface area contributed by atoms with Crippen molar-refractivity contribution in [2.24, 2.45) is 0 Å². The summed E-state index contributed by atoms with van der Waals surface area (Å²) in [6.07, 6.45) is 3.67. The van der Waals surface area contributed by atoms with Gasteiger partial charge in [-0.3, -0.25) is 0 Å². The van der Waals surface area contributed by atoms with Crippen molar-refractivity contribution in [2.45, 2.75) is 25.3 Å². The van der Waals surface area contributed by atoms with Gasteiger partial charge in [0.25, 0.3) is 10.0 Å². The third kappa shape index (κ3) is 3.27. The summed E-state index contributed by atoms with van der Waals surface area (Å²) >= 11 is 0. The minimum atomic E-state index is -3.84. The third-order valence-electron chi connectivity index (χ3n) is 2.43. The van der Waals surface area contributed by atoms with Crippen LogP contribution in [0.1, 0.15) is 19.0 Å². The molecule has 0 aliphatic rings. The van der Waals surface area contributed by atoms with Crippen LogP contribution in [0.3, 0.4) is 0 Å². The number of sulfonamides is 1. The minimum absolute atomic E-state index is 0.0744. The Balaban J connectivity index is 2.29. The Morgan fingerprint density at radius 2 is 2.20 bits per heavy atom. The van der Waals surface area contributed by atoms with Gasteiger partial charge in [-0.2, -0.15) is 13.4 Å². The van der Waals surface area contributed by atoms with Crippen LogP contribution in [-0.4, -0.2) is 24.9 Å². The van der Waals surface area contributed by atoms with Crippen molar-refractivity contribution in [2.75, 3.05) is 16.6 Å². The largest absolute Gasteiger partial charge is 0.431 e. The van der Waals surface area contributed by atoms with E-state index in [0.29, 0.717) is 17.9 Å². The maximum atomic E-state index is 12.3. The maximum Gasteiger partial charge on any atom is 0.309 e. The van der Waals surface area contributed by atoms with Crippen molar-refractivity contribution in [3.8, 4) is 0 Å². The highest BCUT2D eigenvalue weighted by Gasteiger charge is 2.22. The number of pyridine rings is 1. The Hall–Kier alpha value is -2.09. The molecule has 7 nitrogen and oxygen atoms in total. The van der Waals surface area contributed by atoms with Gasteiger partial charge in [-0.15, -0.1) is 0 Å². The lowest BCUT2D eigenvalue weighted by Gasteiger charge is -2.10. The summed E-state index contributed by atoms with van der Waals surface area (Å²) < 4.78 is 31.8. The summed E-state index contributed by atoms with van der Waals surface area (Å²) in [7, 11) is -3.84. The van der Waals surface area contributed by atoms with Crippen molar-refractivity contribution in [1.29, 1.82) is 0 Å². The van der Waals surface area contributed by atoms with E-state index in [1.54, 1.807) is 19.1 Å². The summed E-state index contributed by atoms with van der Waals surface area (Å²) in [5.41, 5.74) is 1.04. The van der Waals surface area contributed by atoms with Crippen molar-refractivity contribution in [1.82, 2.24) is 9.97 Å². The van der Waals surface area contributed by atoms with Gasteiger partial charge < -0.3 is 9.73 Å². The molecular formula is C12H16N4O3S. The van der Waals surface area contributed by atoms with E-state index in [1.807, 2.05) is 6.92 Å². The number of anilines is 2. The summed E-state index contributed by atoms with van der Waals surface area (Å²) in [6.45, 7) is 4.36. The van der Waals surface area contributed by atoms with Gasteiger partial charge in [0.2, 0.25) is 0 Å². The van der Waals surface area contributed by atoms with Gasteiger partial charge in [-0.25, -0.2) is 9.71 Å². The quantitative estimate of drug-likeness (QED) is 0.846. The highest BCUT2D eigenvalue weighted by molar-refractivity contribution is 7.92. The lowest BCUT2D eigenvalue weighted by atomic mass is 10.4. The third-order valence-corrected chi connectivity index (χ3v) is 3.71. The van der Waals surface area contributed by atoms with Crippen LogP contribution < -0.4 is 10.0 Å². The Morgan fingerprint density at radius 3 is 2.85 bits per heavy atom. The molecule has 0 aromatic carbocycles. The summed E-state index contributed by atoms with van der Waals surface area (Å²) in [4.78, 5) is 7.83. The van der Waals surface area contributed by atoms with E-state index in [2.05, 4.69) is 20.0 Å². The first kappa shape index (κ1) is 14.3. The van der Waals surface area contributed by atoms with Gasteiger partial charge in [0.05, 0.1) is 11.4 Å². The molecule has 20 heavy (non-hydrogen) atoms. The zero-order valence-electron chi connectivity index (χ0n) is 11.3. The van der Waals surface area contributed by atoms with E-state index in [0.717, 1.165) is 6.42 Å². The van der Waals surface area contributed by atoms with Crippen LogP contribution in [-0.2, 0) is 10.0 Å². The van der Waals surface area contributed by atoms with Crippen LogP contribution in [0, 0.1) is 6.92 Å². The molecule has 0 saturated carbocycles. The highest BCUT2D eigenvalue weighted by atomic mass is 32.2. The highest BCUT2D eigenvalue weighted by Crippen LogP contribution is 2.21. The average molecular weight is 296 g/mol. The van der Waals surface area contributed by atoms with Crippen molar-refractivity contribution in [3.05, 3.63) is 30.3 Å². The second-order valence-electron chi connectivity index (χ2n) is 4.18. The van der Waals surface area contributed by atoms with E-state index in [4.69, 9.17) is 4.42 Å². The second kappa shape index (κ2) is 5.91. The SMILES string of the molecule is CCCNc1cccnc1S(=O)(=O)Nc1nc(C)co1. The zero-order chi connectivity index (χ0) is 14.6.